The van der Waals surface area contributed by atoms with Gasteiger partial charge in [0.15, 0.2) is 0 Å². The van der Waals surface area contributed by atoms with E-state index in [1.165, 1.54) is 12.2 Å². The Labute approximate surface area is 256 Å². The Balaban J connectivity index is 1.31. The number of benzene rings is 2. The summed E-state index contributed by atoms with van der Waals surface area (Å²) in [6.07, 6.45) is 5.47. The third-order valence-corrected chi connectivity index (χ3v) is 8.30. The van der Waals surface area contributed by atoms with Crippen molar-refractivity contribution in [2.45, 2.75) is 51.0 Å². The van der Waals surface area contributed by atoms with Crippen LogP contribution >= 0.6 is 0 Å². The average molecular weight is 601 g/mol. The Morgan fingerprint density at radius 1 is 1.20 bits per heavy atom. The zero-order valence-electron chi connectivity index (χ0n) is 24.9. The molecule has 230 valence electrons. The summed E-state index contributed by atoms with van der Waals surface area (Å²) in [5.41, 5.74) is 2.79. The monoisotopic (exact) mass is 600 g/mol. The van der Waals surface area contributed by atoms with Crippen molar-refractivity contribution in [3.8, 4) is 11.8 Å². The van der Waals surface area contributed by atoms with Crippen molar-refractivity contribution in [3.05, 3.63) is 71.2 Å². The van der Waals surface area contributed by atoms with Crippen LogP contribution in [0.4, 0.5) is 15.9 Å². The van der Waals surface area contributed by atoms with Crippen molar-refractivity contribution < 1.29 is 23.8 Å². The molecule has 1 N–H and O–H groups in total. The van der Waals surface area contributed by atoms with Crippen molar-refractivity contribution in [3.63, 3.8) is 0 Å². The average Bonchev–Trinajstić information content (AvgIpc) is 3.85. The van der Waals surface area contributed by atoms with Gasteiger partial charge < -0.3 is 34.1 Å². The molecule has 0 unspecified atom stereocenters. The Hall–Kier alpha value is -4.43. The highest BCUT2D eigenvalue weighted by molar-refractivity contribution is 5.95. The lowest BCUT2D eigenvalue weighted by Gasteiger charge is -2.41. The van der Waals surface area contributed by atoms with Gasteiger partial charge in [-0.2, -0.15) is 9.97 Å². The SMILES string of the molecule is [C-]#[N+]C[C@H]1CN(c2nc(OC[C@@H](C)OC3CC3)nc3c2CCN(c2cc(O)cc4ccccc24)C3)CCN1C(=O)/C=C/CF. The highest BCUT2D eigenvalue weighted by Crippen LogP contribution is 2.37. The van der Waals surface area contributed by atoms with Crippen LogP contribution in [0.15, 0.2) is 48.6 Å². The van der Waals surface area contributed by atoms with Crippen LogP contribution in [-0.2, 0) is 22.5 Å². The fraction of sp³-hybridized carbons (Fsp3) is 0.455. The quantitative estimate of drug-likeness (QED) is 0.272. The molecule has 2 fully saturated rings. The number of hydrogen-bond acceptors (Lipinski definition) is 8. The number of alkyl halides is 1. The van der Waals surface area contributed by atoms with E-state index in [0.717, 1.165) is 46.4 Å². The summed E-state index contributed by atoms with van der Waals surface area (Å²) in [5, 5.41) is 12.5. The molecule has 10 nitrogen and oxygen atoms in total. The van der Waals surface area contributed by atoms with Crippen LogP contribution in [0.1, 0.15) is 31.0 Å². The number of rotatable bonds is 10. The Kier molecular flexibility index (Phi) is 8.79. The number of ether oxygens (including phenoxy) is 2. The number of carbonyl (C=O) groups is 1. The molecular weight excluding hydrogens is 563 g/mol. The van der Waals surface area contributed by atoms with Gasteiger partial charge in [-0.3, -0.25) is 4.79 Å². The number of fused-ring (bicyclic) bond motifs is 2. The number of piperazine rings is 1. The van der Waals surface area contributed by atoms with Gasteiger partial charge in [0.2, 0.25) is 12.5 Å². The van der Waals surface area contributed by atoms with Crippen LogP contribution in [0.25, 0.3) is 15.6 Å². The number of allylic oxidation sites excluding steroid dienone is 1. The molecule has 3 aromatic rings. The number of amides is 1. The molecule has 6 rings (SSSR count). The number of anilines is 2. The maximum absolute atomic E-state index is 12.8. The van der Waals surface area contributed by atoms with Crippen LogP contribution in [-0.4, -0.2) is 90.1 Å². The van der Waals surface area contributed by atoms with Gasteiger partial charge in [0, 0.05) is 55.0 Å². The summed E-state index contributed by atoms with van der Waals surface area (Å²) in [6, 6.07) is 11.5. The maximum atomic E-state index is 12.8. The molecule has 0 bridgehead atoms. The smallest absolute Gasteiger partial charge is 0.318 e. The number of nitrogens with zero attached hydrogens (tertiary/aromatic N) is 6. The van der Waals surface area contributed by atoms with Crippen molar-refractivity contribution >= 4 is 28.2 Å². The predicted molar refractivity (Wildman–Crippen MR) is 166 cm³/mol. The summed E-state index contributed by atoms with van der Waals surface area (Å²) < 4.78 is 24.8. The van der Waals surface area contributed by atoms with E-state index < -0.39 is 6.67 Å². The molecule has 2 aromatic carbocycles. The number of phenolic OH excluding ortho intramolecular Hbond substituents is 1. The minimum atomic E-state index is -0.714. The summed E-state index contributed by atoms with van der Waals surface area (Å²) in [7, 11) is 0. The van der Waals surface area contributed by atoms with Crippen molar-refractivity contribution in [2.24, 2.45) is 0 Å². The highest BCUT2D eigenvalue weighted by atomic mass is 19.1. The van der Waals surface area contributed by atoms with E-state index in [2.05, 4.69) is 20.7 Å². The molecule has 1 saturated carbocycles. The number of aromatic nitrogens is 2. The van der Waals surface area contributed by atoms with Gasteiger partial charge in [0.05, 0.1) is 24.4 Å². The molecule has 0 spiro atoms. The molecule has 3 aliphatic rings. The molecule has 2 aliphatic heterocycles. The maximum Gasteiger partial charge on any atom is 0.318 e. The molecule has 2 atom stereocenters. The summed E-state index contributed by atoms with van der Waals surface area (Å²) >= 11 is 0. The third kappa shape index (κ3) is 6.55. The van der Waals surface area contributed by atoms with Gasteiger partial charge in [-0.1, -0.05) is 24.3 Å². The topological polar surface area (TPSA) is 95.6 Å². The molecule has 3 heterocycles. The standard InChI is InChI=1S/C33H37FN6O4/c1-22(44-26-9-10-26)21-43-33-36-29-20-38(30-17-25(41)16-23-6-3-4-7-27(23)30)13-11-28(29)32(37-33)39-14-15-40(24(19-39)18-35-2)31(42)8-5-12-34/h3-8,16-17,22,24,26,41H,9-15,18-21H2,1H3/b8-5+/t22-,24+/m1/s1. The first-order valence-corrected chi connectivity index (χ1v) is 15.2. The molecule has 1 aromatic heterocycles. The fourth-order valence-corrected chi connectivity index (χ4v) is 6.06. The highest BCUT2D eigenvalue weighted by Gasteiger charge is 2.35. The van der Waals surface area contributed by atoms with E-state index in [-0.39, 0.29) is 36.4 Å². The largest absolute Gasteiger partial charge is 0.508 e. The lowest BCUT2D eigenvalue weighted by molar-refractivity contribution is -0.128. The zero-order chi connectivity index (χ0) is 30.6. The molecule has 44 heavy (non-hydrogen) atoms. The molecular formula is C33H37FN6O4. The van der Waals surface area contributed by atoms with Crippen LogP contribution in [0.2, 0.25) is 0 Å². The fourth-order valence-electron chi connectivity index (χ4n) is 6.06. The van der Waals surface area contributed by atoms with E-state index in [0.29, 0.717) is 51.9 Å². The van der Waals surface area contributed by atoms with Gasteiger partial charge >= 0.3 is 6.01 Å². The number of carbonyl (C=O) groups excluding carboxylic acids is 1. The summed E-state index contributed by atoms with van der Waals surface area (Å²) in [6.45, 7) is 11.7. The van der Waals surface area contributed by atoms with E-state index in [4.69, 9.17) is 26.0 Å². The predicted octanol–water partition coefficient (Wildman–Crippen LogP) is 4.31. The molecule has 1 saturated heterocycles. The third-order valence-electron chi connectivity index (χ3n) is 8.30. The minimum absolute atomic E-state index is 0.101. The minimum Gasteiger partial charge on any atom is -0.508 e. The van der Waals surface area contributed by atoms with Crippen molar-refractivity contribution in [2.75, 3.05) is 55.8 Å². The Morgan fingerprint density at radius 2 is 2.05 bits per heavy atom. The first-order chi connectivity index (χ1) is 21.4. The van der Waals surface area contributed by atoms with Crippen LogP contribution in [0.3, 0.4) is 0 Å². The van der Waals surface area contributed by atoms with Gasteiger partial charge in [0.1, 0.15) is 30.9 Å². The number of phenols is 1. The molecule has 0 radical (unpaired) electrons. The number of hydrogen-bond donors (Lipinski definition) is 1. The van der Waals surface area contributed by atoms with Crippen molar-refractivity contribution in [1.82, 2.24) is 14.9 Å². The van der Waals surface area contributed by atoms with E-state index >= 15 is 0 Å². The number of halogens is 1. The van der Waals surface area contributed by atoms with E-state index in [1.807, 2.05) is 25.1 Å². The normalized spacial score (nSPS) is 19.2. The second-order valence-electron chi connectivity index (χ2n) is 11.6. The molecule has 11 heteroatoms. The van der Waals surface area contributed by atoms with Crippen LogP contribution in [0, 0.1) is 6.57 Å². The second kappa shape index (κ2) is 13.1. The van der Waals surface area contributed by atoms with Crippen molar-refractivity contribution in [1.29, 1.82) is 0 Å². The van der Waals surface area contributed by atoms with E-state index in [9.17, 15) is 14.3 Å². The molecule has 1 amide bonds. The summed E-state index contributed by atoms with van der Waals surface area (Å²) in [4.78, 5) is 32.1. The Morgan fingerprint density at radius 3 is 2.84 bits per heavy atom. The molecule has 1 aliphatic carbocycles. The van der Waals surface area contributed by atoms with E-state index in [1.54, 1.807) is 17.0 Å². The zero-order valence-corrected chi connectivity index (χ0v) is 24.9. The van der Waals surface area contributed by atoms with Gasteiger partial charge in [-0.25, -0.2) is 11.0 Å². The van der Waals surface area contributed by atoms with Crippen LogP contribution < -0.4 is 14.5 Å². The second-order valence-corrected chi connectivity index (χ2v) is 11.6. The van der Waals surface area contributed by atoms with Gasteiger partial charge in [-0.15, -0.1) is 0 Å². The number of aromatic hydroxyl groups is 1. The van der Waals surface area contributed by atoms with Gasteiger partial charge in [-0.05, 0) is 43.7 Å². The summed E-state index contributed by atoms with van der Waals surface area (Å²) in [5.74, 6) is 0.673. The van der Waals surface area contributed by atoms with Gasteiger partial charge in [0.25, 0.3) is 0 Å². The first kappa shape index (κ1) is 29.6. The van der Waals surface area contributed by atoms with Crippen LogP contribution in [0.5, 0.6) is 11.8 Å². The lowest BCUT2D eigenvalue weighted by atomic mass is 10.0. The lowest BCUT2D eigenvalue weighted by Crippen LogP contribution is -2.56. The Bertz CT molecular complexity index is 1590. The first-order valence-electron chi connectivity index (χ1n) is 15.2.